The molecule has 0 radical (unpaired) electrons. The van der Waals surface area contributed by atoms with Crippen LogP contribution in [0.4, 0.5) is 10.5 Å². The number of aliphatic hydroxyl groups is 1. The molecule has 3 rings (SSSR count). The second-order valence-electron chi connectivity index (χ2n) is 8.18. The van der Waals surface area contributed by atoms with Crippen molar-refractivity contribution in [2.45, 2.75) is 69.6 Å². The van der Waals surface area contributed by atoms with Gasteiger partial charge >= 0.3 is 6.03 Å². The molecule has 1 aliphatic heterocycles. The lowest BCUT2D eigenvalue weighted by Gasteiger charge is -2.37. The van der Waals surface area contributed by atoms with E-state index in [4.69, 9.17) is 16.3 Å². The van der Waals surface area contributed by atoms with Gasteiger partial charge < -0.3 is 25.8 Å². The zero-order chi connectivity index (χ0) is 21.3. The average Bonchev–Trinajstić information content (AvgIpc) is 2.77. The number of ether oxygens (including phenoxy) is 1. The number of nitrogens with one attached hydrogen (secondary N) is 3. The summed E-state index contributed by atoms with van der Waals surface area (Å²) in [5, 5.41) is 19.0. The second-order valence-corrected chi connectivity index (χ2v) is 8.62. The van der Waals surface area contributed by atoms with Crippen LogP contribution >= 0.6 is 11.6 Å². The maximum atomic E-state index is 12.5. The number of aliphatic hydroxyl groups excluding tert-OH is 1. The average molecular weight is 438 g/mol. The number of amides is 3. The molecule has 30 heavy (non-hydrogen) atoms. The molecule has 8 heteroatoms. The van der Waals surface area contributed by atoms with Gasteiger partial charge in [-0.15, -0.1) is 0 Å². The SMILES string of the molecule is O=C(NCC[C@@H]1CC[C@H](NC(=O)C2CCCCC2)[C@H](CO)O1)Nc1ccc(Cl)cc1. The highest BCUT2D eigenvalue weighted by Crippen LogP contribution is 2.26. The van der Waals surface area contributed by atoms with E-state index in [0.29, 0.717) is 23.7 Å². The van der Waals surface area contributed by atoms with Crippen molar-refractivity contribution in [3.8, 4) is 0 Å². The molecule has 1 saturated carbocycles. The van der Waals surface area contributed by atoms with Gasteiger partial charge in [0.2, 0.25) is 5.91 Å². The van der Waals surface area contributed by atoms with Crippen LogP contribution in [0.1, 0.15) is 51.4 Å². The molecule has 7 nitrogen and oxygen atoms in total. The minimum atomic E-state index is -0.404. The summed E-state index contributed by atoms with van der Waals surface area (Å²) in [6, 6.07) is 6.46. The lowest BCUT2D eigenvalue weighted by molar-refractivity contribution is -0.132. The van der Waals surface area contributed by atoms with Crippen LogP contribution in [0.15, 0.2) is 24.3 Å². The van der Waals surface area contributed by atoms with E-state index in [-0.39, 0.29) is 36.6 Å². The normalized spacial score (nSPS) is 24.8. The third-order valence-electron chi connectivity index (χ3n) is 5.95. The minimum absolute atomic E-state index is 0.0548. The van der Waals surface area contributed by atoms with Crippen LogP contribution in [-0.2, 0) is 9.53 Å². The lowest BCUT2D eigenvalue weighted by Crippen LogP contribution is -2.52. The Bertz CT molecular complexity index is 694. The number of rotatable bonds is 7. The Balaban J connectivity index is 1.37. The third-order valence-corrected chi connectivity index (χ3v) is 6.21. The maximum absolute atomic E-state index is 12.5. The molecule has 1 aromatic carbocycles. The number of urea groups is 1. The fourth-order valence-corrected chi connectivity index (χ4v) is 4.36. The van der Waals surface area contributed by atoms with Gasteiger partial charge in [0.25, 0.3) is 0 Å². The standard InChI is InChI=1S/C22H32ClN3O4/c23-16-6-8-17(9-7-16)25-22(29)24-13-12-18-10-11-19(20(14-27)30-18)26-21(28)15-4-2-1-3-5-15/h6-9,15,18-20,27H,1-5,10-14H2,(H,26,28)(H2,24,25,29)/t18-,19-,20-/m0/s1. The highest BCUT2D eigenvalue weighted by molar-refractivity contribution is 6.30. The highest BCUT2D eigenvalue weighted by Gasteiger charge is 2.33. The van der Waals surface area contributed by atoms with Crippen molar-refractivity contribution >= 4 is 29.2 Å². The Hall–Kier alpha value is -1.83. The van der Waals surface area contributed by atoms with E-state index in [2.05, 4.69) is 16.0 Å². The molecule has 0 unspecified atom stereocenters. The van der Waals surface area contributed by atoms with Crippen LogP contribution in [-0.4, -0.2) is 48.4 Å². The van der Waals surface area contributed by atoms with Crippen molar-refractivity contribution in [2.24, 2.45) is 5.92 Å². The van der Waals surface area contributed by atoms with E-state index in [1.807, 2.05) is 0 Å². The molecular weight excluding hydrogens is 406 g/mol. The van der Waals surface area contributed by atoms with Crippen LogP contribution in [0.25, 0.3) is 0 Å². The molecule has 1 heterocycles. The fourth-order valence-electron chi connectivity index (χ4n) is 4.23. The first-order valence-electron chi connectivity index (χ1n) is 10.9. The Labute approximate surface area is 182 Å². The molecular formula is C22H32ClN3O4. The first-order valence-corrected chi connectivity index (χ1v) is 11.3. The smallest absolute Gasteiger partial charge is 0.319 e. The predicted octanol–water partition coefficient (Wildman–Crippen LogP) is 3.46. The summed E-state index contributed by atoms with van der Waals surface area (Å²) < 4.78 is 6.00. The van der Waals surface area contributed by atoms with Gasteiger partial charge in [0.1, 0.15) is 6.10 Å². The number of halogens is 1. The van der Waals surface area contributed by atoms with Gasteiger partial charge in [-0.3, -0.25) is 4.79 Å². The summed E-state index contributed by atoms with van der Waals surface area (Å²) in [4.78, 5) is 24.5. The van der Waals surface area contributed by atoms with Crippen LogP contribution in [0.2, 0.25) is 5.02 Å². The molecule has 0 aromatic heterocycles. The molecule has 4 N–H and O–H groups in total. The Morgan fingerprint density at radius 1 is 1.07 bits per heavy atom. The monoisotopic (exact) mass is 437 g/mol. The topological polar surface area (TPSA) is 99.7 Å². The summed E-state index contributed by atoms with van der Waals surface area (Å²) in [6.45, 7) is 0.331. The number of benzene rings is 1. The summed E-state index contributed by atoms with van der Waals surface area (Å²) >= 11 is 5.84. The largest absolute Gasteiger partial charge is 0.394 e. The van der Waals surface area contributed by atoms with Crippen molar-refractivity contribution < 1.29 is 19.4 Å². The van der Waals surface area contributed by atoms with Crippen molar-refractivity contribution in [1.82, 2.24) is 10.6 Å². The zero-order valence-electron chi connectivity index (χ0n) is 17.2. The summed E-state index contributed by atoms with van der Waals surface area (Å²) in [5.74, 6) is 0.194. The third kappa shape index (κ3) is 6.86. The van der Waals surface area contributed by atoms with Crippen LogP contribution in [0.3, 0.4) is 0 Å². The minimum Gasteiger partial charge on any atom is -0.394 e. The van der Waals surface area contributed by atoms with E-state index >= 15 is 0 Å². The van der Waals surface area contributed by atoms with Crippen molar-refractivity contribution in [3.05, 3.63) is 29.3 Å². The van der Waals surface area contributed by atoms with Gasteiger partial charge in [0.15, 0.2) is 0 Å². The van der Waals surface area contributed by atoms with Crippen molar-refractivity contribution in [2.75, 3.05) is 18.5 Å². The van der Waals surface area contributed by atoms with E-state index in [1.165, 1.54) is 6.42 Å². The molecule has 2 aliphatic rings. The molecule has 3 amide bonds. The highest BCUT2D eigenvalue weighted by atomic mass is 35.5. The Morgan fingerprint density at radius 3 is 2.50 bits per heavy atom. The molecule has 166 valence electrons. The Kier molecular flexibility index (Phi) is 8.78. The van der Waals surface area contributed by atoms with Crippen LogP contribution in [0, 0.1) is 5.92 Å². The van der Waals surface area contributed by atoms with Gasteiger partial charge in [-0.1, -0.05) is 30.9 Å². The van der Waals surface area contributed by atoms with Gasteiger partial charge in [-0.25, -0.2) is 4.79 Å². The number of carbonyl (C=O) groups excluding carboxylic acids is 2. The summed E-state index contributed by atoms with van der Waals surface area (Å²) in [6.07, 6.45) is 7.09. The van der Waals surface area contributed by atoms with Gasteiger partial charge in [-0.05, 0) is 56.4 Å². The van der Waals surface area contributed by atoms with E-state index in [0.717, 1.165) is 38.5 Å². The maximum Gasteiger partial charge on any atom is 0.319 e. The van der Waals surface area contributed by atoms with Crippen molar-refractivity contribution in [3.63, 3.8) is 0 Å². The fraction of sp³-hybridized carbons (Fsp3) is 0.636. The first-order chi connectivity index (χ1) is 14.5. The van der Waals surface area contributed by atoms with E-state index in [1.54, 1.807) is 24.3 Å². The number of carbonyl (C=O) groups is 2. The van der Waals surface area contributed by atoms with Gasteiger partial charge in [0.05, 0.1) is 18.8 Å². The van der Waals surface area contributed by atoms with Crippen molar-refractivity contribution in [1.29, 1.82) is 0 Å². The predicted molar refractivity (Wildman–Crippen MR) is 117 cm³/mol. The van der Waals surface area contributed by atoms with Crippen LogP contribution in [0.5, 0.6) is 0 Å². The molecule has 1 saturated heterocycles. The number of anilines is 1. The Morgan fingerprint density at radius 2 is 1.80 bits per heavy atom. The quantitative estimate of drug-likeness (QED) is 0.524. The summed E-state index contributed by atoms with van der Waals surface area (Å²) in [5.41, 5.74) is 0.669. The van der Waals surface area contributed by atoms with Gasteiger partial charge in [-0.2, -0.15) is 0 Å². The summed E-state index contributed by atoms with van der Waals surface area (Å²) in [7, 11) is 0. The zero-order valence-corrected chi connectivity index (χ0v) is 18.0. The van der Waals surface area contributed by atoms with Gasteiger partial charge in [0, 0.05) is 23.2 Å². The molecule has 1 aromatic rings. The lowest BCUT2D eigenvalue weighted by atomic mass is 9.88. The second kappa shape index (κ2) is 11.5. The molecule has 0 bridgehead atoms. The molecule has 3 atom stereocenters. The van der Waals surface area contributed by atoms with Crippen LogP contribution < -0.4 is 16.0 Å². The molecule has 1 aliphatic carbocycles. The molecule has 0 spiro atoms. The molecule has 2 fully saturated rings. The first kappa shape index (κ1) is 22.8. The van der Waals surface area contributed by atoms with E-state index in [9.17, 15) is 14.7 Å². The number of hydrogen-bond acceptors (Lipinski definition) is 4. The number of hydrogen-bond donors (Lipinski definition) is 4. The van der Waals surface area contributed by atoms with E-state index < -0.39 is 6.10 Å².